The number of carbonyl (C=O) groups is 1. The second-order valence-electron chi connectivity index (χ2n) is 9.52. The summed E-state index contributed by atoms with van der Waals surface area (Å²) in [5.74, 6) is 0.694. The van der Waals surface area contributed by atoms with Gasteiger partial charge in [0.2, 0.25) is 0 Å². The topological polar surface area (TPSA) is 79.8 Å². The maximum absolute atomic E-state index is 13.2. The van der Waals surface area contributed by atoms with Crippen LogP contribution in [0, 0.1) is 0 Å². The summed E-state index contributed by atoms with van der Waals surface area (Å²) in [6, 6.07) is 23.8. The van der Waals surface area contributed by atoms with Gasteiger partial charge in [0.25, 0.3) is 5.91 Å². The first-order chi connectivity index (χ1) is 18.4. The molecule has 1 aliphatic heterocycles. The number of methoxy groups -OCH3 is 1. The van der Waals surface area contributed by atoms with Gasteiger partial charge in [-0.25, -0.2) is 8.42 Å². The van der Waals surface area contributed by atoms with Gasteiger partial charge in [0.15, 0.2) is 9.84 Å². The van der Waals surface area contributed by atoms with Gasteiger partial charge in [-0.1, -0.05) is 48.5 Å². The number of carbonyl (C=O) groups excluding carboxylic acids is 1. The number of nitrogens with zero attached hydrogens (tertiary/aromatic N) is 3. The van der Waals surface area contributed by atoms with Crippen LogP contribution in [-0.2, 0) is 22.1 Å². The molecule has 0 atom stereocenters. The Morgan fingerprint density at radius 2 is 1.68 bits per heavy atom. The molecule has 0 unspecified atom stereocenters. The van der Waals surface area contributed by atoms with E-state index >= 15 is 0 Å². The normalized spacial score (nSPS) is 14.8. The number of rotatable bonds is 7. The Kier molecular flexibility index (Phi) is 7.72. The average molecular weight is 530 g/mol. The number of hydrogen-bond acceptors (Lipinski definition) is 6. The number of pyridine rings is 1. The van der Waals surface area contributed by atoms with Crippen molar-refractivity contribution < 1.29 is 17.9 Å². The minimum absolute atomic E-state index is 0.0307. The second-order valence-corrected chi connectivity index (χ2v) is 11.5. The lowest BCUT2D eigenvalue weighted by atomic mass is 10.1. The average Bonchev–Trinajstić information content (AvgIpc) is 3.18. The van der Waals surface area contributed by atoms with Crippen LogP contribution in [-0.4, -0.2) is 62.4 Å². The van der Waals surface area contributed by atoms with E-state index in [0.29, 0.717) is 29.7 Å². The van der Waals surface area contributed by atoms with E-state index in [0.717, 1.165) is 42.8 Å². The van der Waals surface area contributed by atoms with Gasteiger partial charge in [0.05, 0.1) is 23.3 Å². The molecule has 1 aliphatic rings. The summed E-state index contributed by atoms with van der Waals surface area (Å²) in [6.07, 6.45) is 2.48. The fraction of sp³-hybridized carbons (Fsp3) is 0.267. The van der Waals surface area contributed by atoms with E-state index in [-0.39, 0.29) is 16.6 Å². The largest absolute Gasteiger partial charge is 0.496 e. The number of fused-ring (bicyclic) bond motifs is 1. The van der Waals surface area contributed by atoms with Crippen molar-refractivity contribution in [3.05, 3.63) is 102 Å². The molecule has 0 spiro atoms. The molecule has 3 aromatic carbocycles. The molecule has 0 radical (unpaired) electrons. The molecule has 2 heterocycles. The van der Waals surface area contributed by atoms with Gasteiger partial charge in [-0.05, 0) is 42.3 Å². The minimum atomic E-state index is -3.61. The summed E-state index contributed by atoms with van der Waals surface area (Å²) in [5.41, 5.74) is 2.81. The zero-order valence-electron chi connectivity index (χ0n) is 21.4. The van der Waals surface area contributed by atoms with Crippen molar-refractivity contribution in [2.45, 2.75) is 23.6 Å². The van der Waals surface area contributed by atoms with Crippen molar-refractivity contribution in [2.24, 2.45) is 0 Å². The fourth-order valence-electron chi connectivity index (χ4n) is 4.96. The van der Waals surface area contributed by atoms with E-state index in [1.807, 2.05) is 35.2 Å². The Balaban J connectivity index is 1.23. The van der Waals surface area contributed by atoms with Crippen LogP contribution in [0.5, 0.6) is 5.75 Å². The first-order valence-electron chi connectivity index (χ1n) is 12.7. The maximum Gasteiger partial charge on any atom is 0.253 e. The first kappa shape index (κ1) is 25.9. The van der Waals surface area contributed by atoms with Gasteiger partial charge in [0, 0.05) is 55.4 Å². The second kappa shape index (κ2) is 11.3. The third kappa shape index (κ3) is 5.71. The number of sulfone groups is 1. The molecule has 0 aliphatic carbocycles. The van der Waals surface area contributed by atoms with E-state index in [2.05, 4.69) is 16.0 Å². The van der Waals surface area contributed by atoms with Crippen LogP contribution in [0.1, 0.15) is 27.9 Å². The van der Waals surface area contributed by atoms with Crippen molar-refractivity contribution >= 4 is 26.6 Å². The fourth-order valence-corrected chi connectivity index (χ4v) is 6.49. The zero-order chi connectivity index (χ0) is 26.5. The Morgan fingerprint density at radius 3 is 2.50 bits per heavy atom. The van der Waals surface area contributed by atoms with Gasteiger partial charge >= 0.3 is 0 Å². The lowest BCUT2D eigenvalue weighted by molar-refractivity contribution is 0.0761. The molecule has 8 heteroatoms. The molecule has 5 rings (SSSR count). The van der Waals surface area contributed by atoms with Gasteiger partial charge in [0.1, 0.15) is 5.75 Å². The third-order valence-electron chi connectivity index (χ3n) is 6.95. The summed E-state index contributed by atoms with van der Waals surface area (Å²) in [5, 5.41) is 0.786. The van der Waals surface area contributed by atoms with Crippen molar-refractivity contribution in [3.8, 4) is 5.75 Å². The Bertz CT molecular complexity index is 1530. The van der Waals surface area contributed by atoms with Gasteiger partial charge in [-0.15, -0.1) is 0 Å². The summed E-state index contributed by atoms with van der Waals surface area (Å²) in [7, 11) is -1.92. The van der Waals surface area contributed by atoms with Crippen LogP contribution < -0.4 is 4.74 Å². The third-order valence-corrected chi connectivity index (χ3v) is 8.66. The van der Waals surface area contributed by atoms with E-state index < -0.39 is 9.84 Å². The molecule has 38 heavy (non-hydrogen) atoms. The van der Waals surface area contributed by atoms with Crippen LogP contribution in [0.3, 0.4) is 0 Å². The Morgan fingerprint density at radius 1 is 0.895 bits per heavy atom. The SMILES string of the molecule is COc1ccccc1CN1CCCN(C(=O)c2ccc(CS(=O)(=O)c3cccc4cccnc34)cc2)CC1. The summed E-state index contributed by atoms with van der Waals surface area (Å²) in [4.78, 5) is 22.0. The molecule has 196 valence electrons. The highest BCUT2D eigenvalue weighted by molar-refractivity contribution is 7.90. The minimum Gasteiger partial charge on any atom is -0.496 e. The molecule has 0 N–H and O–H groups in total. The Labute approximate surface area is 223 Å². The monoisotopic (exact) mass is 529 g/mol. The highest BCUT2D eigenvalue weighted by Gasteiger charge is 2.22. The number of hydrogen-bond donors (Lipinski definition) is 0. The molecule has 4 aromatic rings. The predicted molar refractivity (Wildman–Crippen MR) is 148 cm³/mol. The van der Waals surface area contributed by atoms with E-state index in [4.69, 9.17) is 4.74 Å². The zero-order valence-corrected chi connectivity index (χ0v) is 22.2. The van der Waals surface area contributed by atoms with Gasteiger partial charge in [-0.3, -0.25) is 14.7 Å². The quantitative estimate of drug-likeness (QED) is 0.349. The highest BCUT2D eigenvalue weighted by Crippen LogP contribution is 2.25. The van der Waals surface area contributed by atoms with Crippen molar-refractivity contribution in [1.29, 1.82) is 0 Å². The molecule has 0 saturated carbocycles. The predicted octanol–water partition coefficient (Wildman–Crippen LogP) is 4.57. The van der Waals surface area contributed by atoms with Crippen LogP contribution >= 0.6 is 0 Å². The van der Waals surface area contributed by atoms with Gasteiger partial charge in [-0.2, -0.15) is 0 Å². The molecular formula is C30H31N3O4S. The first-order valence-corrected chi connectivity index (χ1v) is 14.4. The van der Waals surface area contributed by atoms with E-state index in [1.165, 1.54) is 0 Å². The maximum atomic E-state index is 13.2. The molecule has 1 saturated heterocycles. The Hall–Kier alpha value is -3.75. The van der Waals surface area contributed by atoms with Crippen LogP contribution in [0.2, 0.25) is 0 Å². The lowest BCUT2D eigenvalue weighted by Gasteiger charge is -2.23. The van der Waals surface area contributed by atoms with E-state index in [9.17, 15) is 13.2 Å². The molecule has 0 bridgehead atoms. The van der Waals surface area contributed by atoms with E-state index in [1.54, 1.807) is 55.8 Å². The number of aromatic nitrogens is 1. The summed E-state index contributed by atoms with van der Waals surface area (Å²) >= 11 is 0. The van der Waals surface area contributed by atoms with Crippen molar-refractivity contribution in [1.82, 2.24) is 14.8 Å². The highest BCUT2D eigenvalue weighted by atomic mass is 32.2. The molecular weight excluding hydrogens is 498 g/mol. The number of para-hydroxylation sites is 2. The number of benzene rings is 3. The molecule has 1 amide bonds. The van der Waals surface area contributed by atoms with Crippen LogP contribution in [0.4, 0.5) is 0 Å². The molecule has 7 nitrogen and oxygen atoms in total. The molecule has 1 aromatic heterocycles. The number of ether oxygens (including phenoxy) is 1. The van der Waals surface area contributed by atoms with Gasteiger partial charge < -0.3 is 9.64 Å². The number of amides is 1. The summed E-state index contributed by atoms with van der Waals surface area (Å²) in [6.45, 7) is 3.78. The standard InChI is InChI=1S/C30H31N3O4S/c1-37-27-10-3-2-7-26(27)21-32-17-6-18-33(20-19-32)30(34)25-14-12-23(13-15-25)22-38(35,36)28-11-4-8-24-9-5-16-31-29(24)28/h2-5,7-16H,6,17-22H2,1H3. The summed E-state index contributed by atoms with van der Waals surface area (Å²) < 4.78 is 31.9. The van der Waals surface area contributed by atoms with Crippen molar-refractivity contribution in [3.63, 3.8) is 0 Å². The van der Waals surface area contributed by atoms with Crippen LogP contribution in [0.15, 0.2) is 90.0 Å². The smallest absolute Gasteiger partial charge is 0.253 e. The lowest BCUT2D eigenvalue weighted by Crippen LogP contribution is -2.35. The van der Waals surface area contributed by atoms with Crippen LogP contribution in [0.25, 0.3) is 10.9 Å². The molecule has 1 fully saturated rings. The van der Waals surface area contributed by atoms with Crippen molar-refractivity contribution in [2.75, 3.05) is 33.3 Å².